The number of hydrogen-bond acceptors (Lipinski definition) is 4. The number of carbonyl (C=O) groups excluding carboxylic acids is 2. The molecule has 100 valence electrons. The fourth-order valence-electron chi connectivity index (χ4n) is 2.93. The summed E-state index contributed by atoms with van der Waals surface area (Å²) in [5, 5.41) is 0. The van der Waals surface area contributed by atoms with Crippen LogP contribution < -0.4 is 5.73 Å². The Hall–Kier alpha value is -1.14. The van der Waals surface area contributed by atoms with Gasteiger partial charge < -0.3 is 15.4 Å². The minimum Gasteiger partial charge on any atom is -0.368 e. The SMILES string of the molecule is NC(=O)CN1C(=O)CO[C@H]2CN(CC3CC3)C[C@H]21. The lowest BCUT2D eigenvalue weighted by Gasteiger charge is -2.35. The maximum atomic E-state index is 11.8. The third-order valence-corrected chi connectivity index (χ3v) is 3.99. The van der Waals surface area contributed by atoms with Crippen LogP contribution in [0.1, 0.15) is 12.8 Å². The van der Waals surface area contributed by atoms with Crippen molar-refractivity contribution in [2.75, 3.05) is 32.8 Å². The van der Waals surface area contributed by atoms with E-state index in [0.29, 0.717) is 0 Å². The third-order valence-electron chi connectivity index (χ3n) is 3.99. The Kier molecular flexibility index (Phi) is 2.99. The van der Waals surface area contributed by atoms with Crippen molar-refractivity contribution in [3.63, 3.8) is 0 Å². The van der Waals surface area contributed by atoms with Crippen LogP contribution in [0.5, 0.6) is 0 Å². The van der Waals surface area contributed by atoms with E-state index in [1.165, 1.54) is 12.8 Å². The van der Waals surface area contributed by atoms with Crippen molar-refractivity contribution in [1.29, 1.82) is 0 Å². The van der Waals surface area contributed by atoms with Crippen molar-refractivity contribution in [2.45, 2.75) is 25.0 Å². The first-order valence-corrected chi connectivity index (χ1v) is 6.55. The van der Waals surface area contributed by atoms with Crippen molar-refractivity contribution in [2.24, 2.45) is 11.7 Å². The molecular weight excluding hydrogens is 234 g/mol. The summed E-state index contributed by atoms with van der Waals surface area (Å²) in [5.74, 6) is 0.249. The van der Waals surface area contributed by atoms with Crippen LogP contribution in [-0.2, 0) is 14.3 Å². The Morgan fingerprint density at radius 2 is 2.17 bits per heavy atom. The summed E-state index contributed by atoms with van der Waals surface area (Å²) in [4.78, 5) is 26.8. The minimum atomic E-state index is -0.454. The Morgan fingerprint density at radius 1 is 1.39 bits per heavy atom. The van der Waals surface area contributed by atoms with Gasteiger partial charge >= 0.3 is 0 Å². The summed E-state index contributed by atoms with van der Waals surface area (Å²) >= 11 is 0. The molecule has 2 N–H and O–H groups in total. The van der Waals surface area contributed by atoms with Gasteiger partial charge in [0.2, 0.25) is 11.8 Å². The van der Waals surface area contributed by atoms with Crippen LogP contribution in [0.2, 0.25) is 0 Å². The van der Waals surface area contributed by atoms with E-state index in [1.54, 1.807) is 4.90 Å². The molecule has 2 aliphatic heterocycles. The molecule has 18 heavy (non-hydrogen) atoms. The van der Waals surface area contributed by atoms with Crippen molar-refractivity contribution < 1.29 is 14.3 Å². The molecule has 6 nitrogen and oxygen atoms in total. The molecule has 2 saturated heterocycles. The number of primary amides is 1. The molecule has 3 rings (SSSR count). The molecule has 2 atom stereocenters. The lowest BCUT2D eigenvalue weighted by Crippen LogP contribution is -2.56. The maximum Gasteiger partial charge on any atom is 0.249 e. The highest BCUT2D eigenvalue weighted by Crippen LogP contribution is 2.32. The molecule has 1 aliphatic carbocycles. The number of likely N-dealkylation sites (tertiary alicyclic amines) is 1. The lowest BCUT2D eigenvalue weighted by molar-refractivity contribution is -0.155. The monoisotopic (exact) mass is 253 g/mol. The number of amides is 2. The van der Waals surface area contributed by atoms with E-state index in [2.05, 4.69) is 4.90 Å². The number of ether oxygens (including phenoxy) is 1. The predicted octanol–water partition coefficient (Wildman–Crippen LogP) is -1.21. The summed E-state index contributed by atoms with van der Waals surface area (Å²) in [7, 11) is 0. The van der Waals surface area contributed by atoms with Gasteiger partial charge in [0.05, 0.1) is 18.7 Å². The molecule has 0 unspecified atom stereocenters. The topological polar surface area (TPSA) is 75.9 Å². The van der Waals surface area contributed by atoms with E-state index in [1.807, 2.05) is 0 Å². The minimum absolute atomic E-state index is 0.00231. The van der Waals surface area contributed by atoms with Crippen molar-refractivity contribution >= 4 is 11.8 Å². The van der Waals surface area contributed by atoms with E-state index in [4.69, 9.17) is 10.5 Å². The highest BCUT2D eigenvalue weighted by Gasteiger charge is 2.44. The van der Waals surface area contributed by atoms with Gasteiger partial charge in [-0.05, 0) is 18.8 Å². The summed E-state index contributed by atoms with van der Waals surface area (Å²) in [6.45, 7) is 2.85. The molecule has 2 amide bonds. The van der Waals surface area contributed by atoms with Gasteiger partial charge in [-0.25, -0.2) is 0 Å². The standard InChI is InChI=1S/C12H19N3O3/c13-11(16)6-15-9-4-14(3-8-1-2-8)5-10(9)18-7-12(15)17/h8-10H,1-7H2,(H2,13,16)/t9-,10+/m1/s1. The Balaban J connectivity index is 1.66. The molecular formula is C12H19N3O3. The molecule has 3 fully saturated rings. The molecule has 0 radical (unpaired) electrons. The predicted molar refractivity (Wildman–Crippen MR) is 63.6 cm³/mol. The number of nitrogens with two attached hydrogens (primary N) is 1. The van der Waals surface area contributed by atoms with Crippen molar-refractivity contribution in [1.82, 2.24) is 9.80 Å². The Bertz CT molecular complexity index is 370. The second kappa shape index (κ2) is 4.51. The maximum absolute atomic E-state index is 11.8. The van der Waals surface area contributed by atoms with Crippen LogP contribution in [0.25, 0.3) is 0 Å². The highest BCUT2D eigenvalue weighted by molar-refractivity contribution is 5.85. The number of nitrogens with zero attached hydrogens (tertiary/aromatic N) is 2. The van der Waals surface area contributed by atoms with Gasteiger partial charge in [-0.1, -0.05) is 0 Å². The first-order valence-electron chi connectivity index (χ1n) is 6.55. The summed E-state index contributed by atoms with van der Waals surface area (Å²) < 4.78 is 5.57. The van der Waals surface area contributed by atoms with E-state index in [-0.39, 0.29) is 31.2 Å². The molecule has 1 saturated carbocycles. The second-order valence-corrected chi connectivity index (χ2v) is 5.57. The molecule has 2 heterocycles. The zero-order chi connectivity index (χ0) is 12.7. The summed E-state index contributed by atoms with van der Waals surface area (Å²) in [6, 6.07) is -0.00231. The average molecular weight is 253 g/mol. The van der Waals surface area contributed by atoms with Crippen molar-refractivity contribution in [3.05, 3.63) is 0 Å². The van der Waals surface area contributed by atoms with Crippen LogP contribution in [0.15, 0.2) is 0 Å². The van der Waals surface area contributed by atoms with Gasteiger partial charge in [0.25, 0.3) is 0 Å². The lowest BCUT2D eigenvalue weighted by atomic mass is 10.1. The molecule has 0 bridgehead atoms. The first-order chi connectivity index (χ1) is 8.63. The van der Waals surface area contributed by atoms with Gasteiger partial charge in [-0.2, -0.15) is 0 Å². The van der Waals surface area contributed by atoms with Gasteiger partial charge in [0, 0.05) is 19.6 Å². The number of morpholine rings is 1. The molecule has 3 aliphatic rings. The number of carbonyl (C=O) groups is 2. The first kappa shape index (κ1) is 11.9. The largest absolute Gasteiger partial charge is 0.368 e. The molecule has 0 aromatic rings. The summed E-state index contributed by atoms with van der Waals surface area (Å²) in [5.41, 5.74) is 5.21. The van der Waals surface area contributed by atoms with E-state index in [0.717, 1.165) is 25.6 Å². The zero-order valence-electron chi connectivity index (χ0n) is 10.4. The van der Waals surface area contributed by atoms with Gasteiger partial charge in [0.15, 0.2) is 0 Å². The third kappa shape index (κ3) is 2.35. The van der Waals surface area contributed by atoms with Gasteiger partial charge in [0.1, 0.15) is 6.61 Å². The summed E-state index contributed by atoms with van der Waals surface area (Å²) in [6.07, 6.45) is 2.67. The van der Waals surface area contributed by atoms with E-state index in [9.17, 15) is 9.59 Å². The Labute approximate surface area is 106 Å². The second-order valence-electron chi connectivity index (χ2n) is 5.57. The molecule has 0 aromatic carbocycles. The normalized spacial score (nSPS) is 32.7. The number of fused-ring (bicyclic) bond motifs is 1. The number of rotatable bonds is 4. The van der Waals surface area contributed by atoms with Crippen LogP contribution in [-0.4, -0.2) is 66.5 Å². The fourth-order valence-corrected chi connectivity index (χ4v) is 2.93. The molecule has 0 spiro atoms. The van der Waals surface area contributed by atoms with Crippen LogP contribution >= 0.6 is 0 Å². The zero-order valence-corrected chi connectivity index (χ0v) is 10.4. The van der Waals surface area contributed by atoms with Crippen LogP contribution in [0.3, 0.4) is 0 Å². The quantitative estimate of drug-likeness (QED) is 0.682. The number of hydrogen-bond donors (Lipinski definition) is 1. The molecule has 0 aromatic heterocycles. The van der Waals surface area contributed by atoms with E-state index < -0.39 is 5.91 Å². The van der Waals surface area contributed by atoms with E-state index >= 15 is 0 Å². The van der Waals surface area contributed by atoms with Crippen LogP contribution in [0.4, 0.5) is 0 Å². The van der Waals surface area contributed by atoms with Crippen molar-refractivity contribution in [3.8, 4) is 0 Å². The average Bonchev–Trinajstić information content (AvgIpc) is 3.00. The van der Waals surface area contributed by atoms with Crippen LogP contribution in [0, 0.1) is 5.92 Å². The smallest absolute Gasteiger partial charge is 0.249 e. The fraction of sp³-hybridized carbons (Fsp3) is 0.833. The Morgan fingerprint density at radius 3 is 2.83 bits per heavy atom. The van der Waals surface area contributed by atoms with Gasteiger partial charge in [-0.3, -0.25) is 14.5 Å². The molecule has 6 heteroatoms. The van der Waals surface area contributed by atoms with Gasteiger partial charge in [-0.15, -0.1) is 0 Å². The highest BCUT2D eigenvalue weighted by atomic mass is 16.5.